The Kier molecular flexibility index (Phi) is 5.21. The monoisotopic (exact) mass is 463 g/mol. The Bertz CT molecular complexity index is 1300. The lowest BCUT2D eigenvalue weighted by molar-refractivity contribution is -0.384. The number of ether oxygens (including phenoxy) is 1. The highest BCUT2D eigenvalue weighted by Crippen LogP contribution is 2.48. The highest BCUT2D eigenvalue weighted by molar-refractivity contribution is 6.23. The number of methoxy groups -OCH3 is 1. The number of imide groups is 1. The molecule has 172 valence electrons. The highest BCUT2D eigenvalue weighted by atomic mass is 19.1. The lowest BCUT2D eigenvalue weighted by Crippen LogP contribution is -2.37. The van der Waals surface area contributed by atoms with E-state index in [1.54, 1.807) is 30.3 Å². The van der Waals surface area contributed by atoms with Crippen LogP contribution in [0.5, 0.6) is 5.75 Å². The molecule has 9 nitrogen and oxygen atoms in total. The van der Waals surface area contributed by atoms with Gasteiger partial charge >= 0.3 is 0 Å². The molecular weight excluding hydrogens is 445 g/mol. The van der Waals surface area contributed by atoms with Crippen LogP contribution in [0.25, 0.3) is 0 Å². The summed E-state index contributed by atoms with van der Waals surface area (Å²) in [6.45, 7) is 0. The number of rotatable bonds is 5. The molecule has 0 radical (unpaired) electrons. The zero-order chi connectivity index (χ0) is 24.0. The van der Waals surface area contributed by atoms with Crippen molar-refractivity contribution in [2.75, 3.05) is 17.1 Å². The molecule has 0 unspecified atom stereocenters. The molecule has 10 heteroatoms. The SMILES string of the molecule is COc1cccc([C@H]2[C@H]3C(=O)N(c4ccc(F)cc4)C(=O)[C@@H]3ON2c2cccc([N+](=O)[O-])c2)c1. The van der Waals surface area contributed by atoms with E-state index in [4.69, 9.17) is 9.57 Å². The van der Waals surface area contributed by atoms with Crippen LogP contribution >= 0.6 is 0 Å². The first-order chi connectivity index (χ1) is 16.4. The van der Waals surface area contributed by atoms with Gasteiger partial charge in [0.05, 0.1) is 29.4 Å². The molecule has 0 spiro atoms. The molecule has 2 heterocycles. The Balaban J connectivity index is 1.60. The van der Waals surface area contributed by atoms with Crippen LogP contribution in [0.3, 0.4) is 0 Å². The second-order valence-corrected chi connectivity index (χ2v) is 7.86. The summed E-state index contributed by atoms with van der Waals surface area (Å²) in [5.41, 5.74) is 1.03. The van der Waals surface area contributed by atoms with E-state index in [0.29, 0.717) is 17.0 Å². The number of halogens is 1. The number of fused-ring (bicyclic) bond motifs is 1. The van der Waals surface area contributed by atoms with Gasteiger partial charge in [0, 0.05) is 12.1 Å². The number of amides is 2. The topological polar surface area (TPSA) is 102 Å². The summed E-state index contributed by atoms with van der Waals surface area (Å²) < 4.78 is 18.7. The van der Waals surface area contributed by atoms with E-state index in [9.17, 15) is 24.1 Å². The Labute approximate surface area is 193 Å². The number of nitrogens with zero attached hydrogens (tertiary/aromatic N) is 3. The van der Waals surface area contributed by atoms with Gasteiger partial charge in [-0.25, -0.2) is 14.4 Å². The van der Waals surface area contributed by atoms with Gasteiger partial charge in [-0.3, -0.25) is 24.5 Å². The van der Waals surface area contributed by atoms with E-state index in [1.807, 2.05) is 0 Å². The van der Waals surface area contributed by atoms with E-state index < -0.39 is 40.6 Å². The van der Waals surface area contributed by atoms with Gasteiger partial charge < -0.3 is 4.74 Å². The van der Waals surface area contributed by atoms with Crippen molar-refractivity contribution >= 4 is 28.9 Å². The molecule has 0 N–H and O–H groups in total. The molecule has 2 amide bonds. The second-order valence-electron chi connectivity index (χ2n) is 7.86. The average molecular weight is 463 g/mol. The Morgan fingerprint density at radius 3 is 2.41 bits per heavy atom. The standard InChI is InChI=1S/C24H18FN3O6/c1-33-19-7-2-4-14(12-19)21-20-22(34-27(21)17-5-3-6-18(13-17)28(31)32)24(30)26(23(20)29)16-10-8-15(25)9-11-16/h2-13,20-22H,1H3/t20-,21+,22-/m1/s1. The maximum absolute atomic E-state index is 13.5. The van der Waals surface area contributed by atoms with Crippen LogP contribution < -0.4 is 14.7 Å². The minimum Gasteiger partial charge on any atom is -0.497 e. The van der Waals surface area contributed by atoms with Gasteiger partial charge in [0.1, 0.15) is 17.5 Å². The van der Waals surface area contributed by atoms with Crippen molar-refractivity contribution in [1.82, 2.24) is 0 Å². The first-order valence-corrected chi connectivity index (χ1v) is 10.4. The Morgan fingerprint density at radius 1 is 0.971 bits per heavy atom. The average Bonchev–Trinajstić information content (AvgIpc) is 3.36. The van der Waals surface area contributed by atoms with E-state index in [2.05, 4.69) is 0 Å². The van der Waals surface area contributed by atoms with Gasteiger partial charge in [0.25, 0.3) is 11.6 Å². The lowest BCUT2D eigenvalue weighted by Gasteiger charge is -2.28. The first kappa shape index (κ1) is 21.5. The number of nitro groups is 1. The van der Waals surface area contributed by atoms with Gasteiger partial charge in [-0.1, -0.05) is 18.2 Å². The number of hydroxylamine groups is 1. The highest BCUT2D eigenvalue weighted by Gasteiger charge is 2.60. The maximum Gasteiger partial charge on any atom is 0.271 e. The summed E-state index contributed by atoms with van der Waals surface area (Å²) in [4.78, 5) is 44.6. The van der Waals surface area contributed by atoms with Crippen molar-refractivity contribution in [3.63, 3.8) is 0 Å². The third-order valence-corrected chi connectivity index (χ3v) is 5.93. The minimum atomic E-state index is -1.16. The molecule has 34 heavy (non-hydrogen) atoms. The smallest absolute Gasteiger partial charge is 0.271 e. The number of anilines is 2. The third-order valence-electron chi connectivity index (χ3n) is 5.93. The van der Waals surface area contributed by atoms with Crippen LogP contribution in [0.4, 0.5) is 21.5 Å². The number of nitro benzene ring substituents is 1. The molecule has 2 fully saturated rings. The number of hydrogen-bond donors (Lipinski definition) is 0. The van der Waals surface area contributed by atoms with Crippen molar-refractivity contribution in [3.8, 4) is 5.75 Å². The molecule has 5 rings (SSSR count). The lowest BCUT2D eigenvalue weighted by atomic mass is 9.90. The number of benzene rings is 3. The van der Waals surface area contributed by atoms with Gasteiger partial charge in [-0.05, 0) is 48.0 Å². The van der Waals surface area contributed by atoms with Crippen molar-refractivity contribution in [1.29, 1.82) is 0 Å². The van der Waals surface area contributed by atoms with Gasteiger partial charge in [0.15, 0.2) is 6.10 Å². The van der Waals surface area contributed by atoms with Crippen LogP contribution in [0, 0.1) is 21.8 Å². The zero-order valence-electron chi connectivity index (χ0n) is 17.8. The van der Waals surface area contributed by atoms with Crippen molar-refractivity contribution in [3.05, 3.63) is 94.3 Å². The molecule has 0 saturated carbocycles. The molecule has 3 atom stereocenters. The predicted molar refractivity (Wildman–Crippen MR) is 119 cm³/mol. The second kappa shape index (κ2) is 8.23. The molecule has 2 aliphatic rings. The van der Waals surface area contributed by atoms with Crippen molar-refractivity contribution in [2.24, 2.45) is 5.92 Å². The largest absolute Gasteiger partial charge is 0.497 e. The number of non-ortho nitro benzene ring substituents is 1. The summed E-state index contributed by atoms with van der Waals surface area (Å²) in [7, 11) is 1.51. The van der Waals surface area contributed by atoms with Crippen LogP contribution in [0.15, 0.2) is 72.8 Å². The number of carbonyl (C=O) groups excluding carboxylic acids is 2. The van der Waals surface area contributed by atoms with E-state index in [-0.39, 0.29) is 11.4 Å². The summed E-state index contributed by atoms with van der Waals surface area (Å²) in [6.07, 6.45) is -1.16. The minimum absolute atomic E-state index is 0.159. The van der Waals surface area contributed by atoms with Crippen LogP contribution in [0.1, 0.15) is 11.6 Å². The van der Waals surface area contributed by atoms with Crippen molar-refractivity contribution in [2.45, 2.75) is 12.1 Å². The fourth-order valence-electron chi connectivity index (χ4n) is 4.39. The summed E-state index contributed by atoms with van der Waals surface area (Å²) in [5.74, 6) is -2.01. The fourth-order valence-corrected chi connectivity index (χ4v) is 4.39. The van der Waals surface area contributed by atoms with Crippen molar-refractivity contribution < 1.29 is 28.5 Å². The number of carbonyl (C=O) groups is 2. The van der Waals surface area contributed by atoms with Gasteiger partial charge in [-0.2, -0.15) is 0 Å². The Morgan fingerprint density at radius 2 is 1.71 bits per heavy atom. The molecular formula is C24H18FN3O6. The number of hydrogen-bond acceptors (Lipinski definition) is 7. The third kappa shape index (κ3) is 3.44. The van der Waals surface area contributed by atoms with E-state index in [0.717, 1.165) is 4.90 Å². The summed E-state index contributed by atoms with van der Waals surface area (Å²) in [5, 5.41) is 12.7. The zero-order valence-corrected chi connectivity index (χ0v) is 17.8. The Hall–Kier alpha value is -4.31. The summed E-state index contributed by atoms with van der Waals surface area (Å²) >= 11 is 0. The molecule has 2 aliphatic heterocycles. The molecule has 0 aromatic heterocycles. The van der Waals surface area contributed by atoms with E-state index in [1.165, 1.54) is 54.6 Å². The van der Waals surface area contributed by atoms with Gasteiger partial charge in [0.2, 0.25) is 5.91 Å². The molecule has 0 bridgehead atoms. The summed E-state index contributed by atoms with van der Waals surface area (Å²) in [6, 6.07) is 17.0. The normalized spacial score (nSPS) is 21.6. The predicted octanol–water partition coefficient (Wildman–Crippen LogP) is 3.79. The maximum atomic E-state index is 13.5. The van der Waals surface area contributed by atoms with E-state index >= 15 is 0 Å². The first-order valence-electron chi connectivity index (χ1n) is 10.4. The van der Waals surface area contributed by atoms with Crippen LogP contribution in [0.2, 0.25) is 0 Å². The molecule has 2 saturated heterocycles. The molecule has 3 aromatic rings. The molecule has 0 aliphatic carbocycles. The van der Waals surface area contributed by atoms with Gasteiger partial charge in [-0.15, -0.1) is 0 Å². The van der Waals surface area contributed by atoms with Crippen LogP contribution in [-0.4, -0.2) is 30.0 Å². The fraction of sp³-hybridized carbons (Fsp3) is 0.167. The van der Waals surface area contributed by atoms with Crippen LogP contribution in [-0.2, 0) is 14.4 Å². The quantitative estimate of drug-likeness (QED) is 0.322. The molecule has 3 aromatic carbocycles.